The Morgan fingerprint density at radius 3 is 2.67 bits per heavy atom. The molecule has 0 bridgehead atoms. The van der Waals surface area contributed by atoms with Crippen LogP contribution in [0.3, 0.4) is 0 Å². The number of aryl methyl sites for hydroxylation is 2. The SMILES string of the molecule is CC1(C(=O)c2ccc3c(c2)CCC3)CC1. The third kappa shape index (κ3) is 1.41. The molecule has 0 radical (unpaired) electrons. The van der Waals surface area contributed by atoms with Gasteiger partial charge in [0, 0.05) is 11.0 Å². The van der Waals surface area contributed by atoms with Gasteiger partial charge in [-0.2, -0.15) is 0 Å². The lowest BCUT2D eigenvalue weighted by Crippen LogP contribution is -2.12. The molecule has 0 unspecified atom stereocenters. The van der Waals surface area contributed by atoms with Crippen molar-refractivity contribution in [2.24, 2.45) is 5.41 Å². The van der Waals surface area contributed by atoms with Crippen LogP contribution in [0.2, 0.25) is 0 Å². The van der Waals surface area contributed by atoms with Gasteiger partial charge in [0.1, 0.15) is 0 Å². The lowest BCUT2D eigenvalue weighted by molar-refractivity contribution is 0.0912. The Morgan fingerprint density at radius 2 is 1.93 bits per heavy atom. The van der Waals surface area contributed by atoms with Crippen LogP contribution in [-0.4, -0.2) is 5.78 Å². The van der Waals surface area contributed by atoms with Crippen molar-refractivity contribution in [1.29, 1.82) is 0 Å². The Labute approximate surface area is 90.5 Å². The Balaban J connectivity index is 1.96. The van der Waals surface area contributed by atoms with Crippen LogP contribution in [-0.2, 0) is 12.8 Å². The van der Waals surface area contributed by atoms with Crippen LogP contribution >= 0.6 is 0 Å². The number of benzene rings is 1. The molecule has 1 nitrogen and oxygen atoms in total. The van der Waals surface area contributed by atoms with E-state index in [1.807, 2.05) is 6.07 Å². The molecular formula is C14H16O. The number of hydrogen-bond donors (Lipinski definition) is 0. The summed E-state index contributed by atoms with van der Waals surface area (Å²) in [5, 5.41) is 0. The first kappa shape index (κ1) is 9.14. The van der Waals surface area contributed by atoms with Crippen LogP contribution in [0.25, 0.3) is 0 Å². The number of carbonyl (C=O) groups is 1. The number of hydrogen-bond acceptors (Lipinski definition) is 1. The highest BCUT2D eigenvalue weighted by Gasteiger charge is 2.44. The van der Waals surface area contributed by atoms with Gasteiger partial charge in [-0.1, -0.05) is 19.1 Å². The van der Waals surface area contributed by atoms with Gasteiger partial charge in [0.15, 0.2) is 5.78 Å². The topological polar surface area (TPSA) is 17.1 Å². The van der Waals surface area contributed by atoms with Crippen LogP contribution in [0.4, 0.5) is 0 Å². The van der Waals surface area contributed by atoms with Gasteiger partial charge >= 0.3 is 0 Å². The van der Waals surface area contributed by atoms with Gasteiger partial charge in [-0.15, -0.1) is 0 Å². The molecule has 2 aliphatic rings. The third-order valence-corrected chi connectivity index (χ3v) is 3.91. The largest absolute Gasteiger partial charge is 0.294 e. The van der Waals surface area contributed by atoms with Gasteiger partial charge in [-0.25, -0.2) is 0 Å². The summed E-state index contributed by atoms with van der Waals surface area (Å²) >= 11 is 0. The lowest BCUT2D eigenvalue weighted by Gasteiger charge is -2.08. The number of ketones is 1. The highest BCUT2D eigenvalue weighted by atomic mass is 16.1. The fourth-order valence-corrected chi connectivity index (χ4v) is 2.48. The maximum Gasteiger partial charge on any atom is 0.168 e. The number of fused-ring (bicyclic) bond motifs is 1. The number of carbonyl (C=O) groups excluding carboxylic acids is 1. The van der Waals surface area contributed by atoms with Crippen molar-refractivity contribution in [3.05, 3.63) is 34.9 Å². The minimum Gasteiger partial charge on any atom is -0.294 e. The highest BCUT2D eigenvalue weighted by molar-refractivity contribution is 6.02. The van der Waals surface area contributed by atoms with Gasteiger partial charge in [-0.3, -0.25) is 4.79 Å². The van der Waals surface area contributed by atoms with E-state index in [0.717, 1.165) is 24.8 Å². The molecule has 1 saturated carbocycles. The molecule has 0 spiro atoms. The van der Waals surface area contributed by atoms with E-state index < -0.39 is 0 Å². The first-order valence-electron chi connectivity index (χ1n) is 5.86. The van der Waals surface area contributed by atoms with E-state index in [9.17, 15) is 4.79 Å². The van der Waals surface area contributed by atoms with E-state index >= 15 is 0 Å². The first-order chi connectivity index (χ1) is 7.19. The normalized spacial score (nSPS) is 21.1. The second-order valence-corrected chi connectivity index (χ2v) is 5.23. The predicted octanol–water partition coefficient (Wildman–Crippen LogP) is 3.16. The van der Waals surface area contributed by atoms with Crippen LogP contribution in [0.1, 0.15) is 47.7 Å². The molecule has 0 aliphatic heterocycles. The monoisotopic (exact) mass is 200 g/mol. The Morgan fingerprint density at radius 1 is 1.20 bits per heavy atom. The molecule has 2 aliphatic carbocycles. The Kier molecular flexibility index (Phi) is 1.79. The summed E-state index contributed by atoms with van der Waals surface area (Å²) in [4.78, 5) is 12.1. The van der Waals surface area contributed by atoms with E-state index in [1.165, 1.54) is 24.0 Å². The molecule has 78 valence electrons. The van der Waals surface area contributed by atoms with Crippen LogP contribution in [0.15, 0.2) is 18.2 Å². The molecule has 15 heavy (non-hydrogen) atoms. The zero-order valence-corrected chi connectivity index (χ0v) is 9.18. The molecule has 1 fully saturated rings. The van der Waals surface area contributed by atoms with Crippen molar-refractivity contribution in [3.8, 4) is 0 Å². The molecule has 0 atom stereocenters. The molecule has 0 amide bonds. The molecule has 3 rings (SSSR count). The summed E-state index contributed by atoms with van der Waals surface area (Å²) in [6.07, 6.45) is 5.75. The van der Waals surface area contributed by atoms with Crippen molar-refractivity contribution >= 4 is 5.78 Å². The van der Waals surface area contributed by atoms with Gasteiger partial charge < -0.3 is 0 Å². The standard InChI is InChI=1S/C14H16O/c1-14(7-8-14)13(15)12-6-5-10-3-2-4-11(10)9-12/h5-6,9H,2-4,7-8H2,1H3. The molecule has 0 N–H and O–H groups in total. The molecular weight excluding hydrogens is 184 g/mol. The summed E-state index contributed by atoms with van der Waals surface area (Å²) in [5.41, 5.74) is 3.78. The quantitative estimate of drug-likeness (QED) is 0.670. The average Bonchev–Trinajstić information content (AvgIpc) is 2.82. The molecule has 1 aromatic rings. The van der Waals surface area contributed by atoms with Crippen molar-refractivity contribution in [1.82, 2.24) is 0 Å². The van der Waals surface area contributed by atoms with Crippen molar-refractivity contribution in [2.45, 2.75) is 39.0 Å². The molecule has 1 heteroatoms. The second kappa shape index (κ2) is 2.94. The maximum atomic E-state index is 12.1. The van der Waals surface area contributed by atoms with Crippen LogP contribution in [0, 0.1) is 5.41 Å². The van der Waals surface area contributed by atoms with E-state index in [4.69, 9.17) is 0 Å². The number of rotatable bonds is 2. The van der Waals surface area contributed by atoms with Crippen LogP contribution < -0.4 is 0 Å². The summed E-state index contributed by atoms with van der Waals surface area (Å²) in [6.45, 7) is 2.09. The van der Waals surface area contributed by atoms with Gasteiger partial charge in [0.05, 0.1) is 0 Å². The molecule has 0 heterocycles. The van der Waals surface area contributed by atoms with E-state index in [-0.39, 0.29) is 5.41 Å². The molecule has 0 aromatic heterocycles. The van der Waals surface area contributed by atoms with Gasteiger partial charge in [0.25, 0.3) is 0 Å². The smallest absolute Gasteiger partial charge is 0.168 e. The first-order valence-corrected chi connectivity index (χ1v) is 5.86. The summed E-state index contributed by atoms with van der Waals surface area (Å²) in [6, 6.07) is 6.31. The van der Waals surface area contributed by atoms with Crippen LogP contribution in [0.5, 0.6) is 0 Å². The Bertz CT molecular complexity index is 427. The third-order valence-electron chi connectivity index (χ3n) is 3.91. The van der Waals surface area contributed by atoms with Crippen molar-refractivity contribution in [3.63, 3.8) is 0 Å². The Hall–Kier alpha value is -1.11. The fourth-order valence-electron chi connectivity index (χ4n) is 2.48. The zero-order valence-electron chi connectivity index (χ0n) is 9.18. The summed E-state index contributed by atoms with van der Waals surface area (Å²) in [5.74, 6) is 0.359. The maximum absolute atomic E-state index is 12.1. The van der Waals surface area contributed by atoms with Crippen molar-refractivity contribution < 1.29 is 4.79 Å². The lowest BCUT2D eigenvalue weighted by atomic mass is 9.94. The summed E-state index contributed by atoms with van der Waals surface area (Å²) < 4.78 is 0. The highest BCUT2D eigenvalue weighted by Crippen LogP contribution is 2.47. The van der Waals surface area contributed by atoms with Gasteiger partial charge in [0.2, 0.25) is 0 Å². The fraction of sp³-hybridized carbons (Fsp3) is 0.500. The summed E-state index contributed by atoms with van der Waals surface area (Å²) in [7, 11) is 0. The predicted molar refractivity (Wildman–Crippen MR) is 60.1 cm³/mol. The minimum absolute atomic E-state index is 0.0210. The van der Waals surface area contributed by atoms with E-state index in [2.05, 4.69) is 19.1 Å². The molecule has 1 aromatic carbocycles. The van der Waals surface area contributed by atoms with Gasteiger partial charge in [-0.05, 0) is 49.3 Å². The van der Waals surface area contributed by atoms with E-state index in [1.54, 1.807) is 0 Å². The molecule has 0 saturated heterocycles. The number of Topliss-reactive ketones (excluding diaryl/α,β-unsaturated/α-hetero) is 1. The second-order valence-electron chi connectivity index (χ2n) is 5.23. The zero-order chi connectivity index (χ0) is 10.5. The van der Waals surface area contributed by atoms with E-state index in [0.29, 0.717) is 5.78 Å². The van der Waals surface area contributed by atoms with Crippen molar-refractivity contribution in [2.75, 3.05) is 0 Å². The minimum atomic E-state index is -0.0210. The average molecular weight is 200 g/mol.